The van der Waals surface area contributed by atoms with Gasteiger partial charge in [0, 0.05) is 91.2 Å². The Hall–Kier alpha value is -13.5. The lowest BCUT2D eigenvalue weighted by molar-refractivity contribution is 0.660. The summed E-state index contributed by atoms with van der Waals surface area (Å²) in [4.78, 5) is 0. The minimum atomic E-state index is -0.0584. The minimum absolute atomic E-state index is 0.0584. The van der Waals surface area contributed by atoms with Gasteiger partial charge in [0.15, 0.2) is 0 Å². The van der Waals surface area contributed by atoms with Crippen molar-refractivity contribution in [2.24, 2.45) is 0 Å². The molecule has 24 rings (SSSR count). The minimum Gasteiger partial charge on any atom is -0.309 e. The van der Waals surface area contributed by atoms with Crippen LogP contribution in [0.15, 0.2) is 352 Å². The van der Waals surface area contributed by atoms with Crippen LogP contribution < -0.4 is 0 Å². The monoisotopic (exact) mass is 1370 g/mol. The third-order valence-corrected chi connectivity index (χ3v) is 24.5. The van der Waals surface area contributed by atoms with E-state index in [-0.39, 0.29) is 5.41 Å². The Labute approximate surface area is 613 Å². The third kappa shape index (κ3) is 8.31. The van der Waals surface area contributed by atoms with Crippen LogP contribution in [0.5, 0.6) is 0 Å². The number of thiophene rings is 1. The van der Waals surface area contributed by atoms with Gasteiger partial charge in [-0.3, -0.25) is 0 Å². The average Bonchev–Trinajstić information content (AvgIpc) is 1.58. The first-order chi connectivity index (χ1) is 52.4. The summed E-state index contributed by atoms with van der Waals surface area (Å²) < 4.78 is 17.2. The lowest BCUT2D eigenvalue weighted by Gasteiger charge is -2.22. The summed E-state index contributed by atoms with van der Waals surface area (Å²) in [7, 11) is 0. The standard InChI is InChI=1S/C51H35N3.C48H29N3S/c1-51(2)43-18-8-3-13-35(43)36-26-25-34(31-44(36)51)52-45-19-9-4-16-39(45)41-29-32(23-27-46(41)52)33-24-28-50-42(30-33)40-17-7-12-22-49(40)54(50)53-47-20-10-5-14-37(47)38-15-6-11-21-48(38)53;1-6-18-40-34(14-1)38-28-30(24-26-41(38)49(40)46-22-11-17-37-36-16-5-10-23-47(36)52-48(37)46)31-25-27-45-39(29-31)35-15-4-9-21-44(35)51(45)50-42-19-7-2-12-32(42)33-13-3-8-20-43(33)50/h3-31H,1-2H3;1-29H. The molecule has 0 saturated carbocycles. The van der Waals surface area contributed by atoms with Crippen molar-refractivity contribution in [1.29, 1.82) is 0 Å². The Balaban J connectivity index is 0.000000129. The van der Waals surface area contributed by atoms with Gasteiger partial charge in [0.25, 0.3) is 0 Å². The first-order valence-electron chi connectivity index (χ1n) is 36.6. The van der Waals surface area contributed by atoms with E-state index in [9.17, 15) is 0 Å². The van der Waals surface area contributed by atoms with E-state index in [1.54, 1.807) is 0 Å². The summed E-state index contributed by atoms with van der Waals surface area (Å²) in [5.41, 5.74) is 27.1. The van der Waals surface area contributed by atoms with Crippen LogP contribution in [0.3, 0.4) is 0 Å². The van der Waals surface area contributed by atoms with Crippen molar-refractivity contribution < 1.29 is 0 Å². The molecule has 0 aliphatic heterocycles. The molecule has 0 spiro atoms. The number of benzene rings is 16. The molecule has 0 saturated heterocycles. The number of para-hydroxylation sites is 8. The Morgan fingerprint density at radius 1 is 0.217 bits per heavy atom. The quantitative estimate of drug-likeness (QED) is 0.159. The van der Waals surface area contributed by atoms with E-state index >= 15 is 0 Å². The predicted molar refractivity (Wildman–Crippen MR) is 449 cm³/mol. The number of rotatable bonds is 6. The summed E-state index contributed by atoms with van der Waals surface area (Å²) in [6.07, 6.45) is 0. The second kappa shape index (κ2) is 22.3. The molecular weight excluding hydrogens is 1310 g/mol. The highest BCUT2D eigenvalue weighted by molar-refractivity contribution is 7.26. The fourth-order valence-electron chi connectivity index (χ4n) is 18.5. The molecule has 1 aliphatic rings. The lowest BCUT2D eigenvalue weighted by Crippen LogP contribution is -2.15. The summed E-state index contributed by atoms with van der Waals surface area (Å²) in [5, 5.41) is 17.7. The Kier molecular flexibility index (Phi) is 12.4. The van der Waals surface area contributed by atoms with E-state index in [0.29, 0.717) is 0 Å². The molecule has 7 heteroatoms. The lowest BCUT2D eigenvalue weighted by atomic mass is 9.82. The first-order valence-corrected chi connectivity index (χ1v) is 37.5. The Morgan fingerprint density at radius 2 is 0.528 bits per heavy atom. The van der Waals surface area contributed by atoms with Crippen LogP contribution >= 0.6 is 11.3 Å². The fraction of sp³-hybridized carbons (Fsp3) is 0.0303. The van der Waals surface area contributed by atoms with Gasteiger partial charge in [-0.2, -0.15) is 0 Å². The zero-order chi connectivity index (χ0) is 69.6. The number of nitrogens with zero attached hydrogens (tertiary/aromatic N) is 6. The summed E-state index contributed by atoms with van der Waals surface area (Å²) in [5.74, 6) is 0. The first kappa shape index (κ1) is 59.1. The zero-order valence-electron chi connectivity index (χ0n) is 58.1. The van der Waals surface area contributed by atoms with Gasteiger partial charge in [-0.05, 0) is 166 Å². The normalized spacial score (nSPS) is 12.9. The molecule has 0 amide bonds. The van der Waals surface area contributed by atoms with E-state index in [0.717, 1.165) is 0 Å². The highest BCUT2D eigenvalue weighted by Gasteiger charge is 2.36. The van der Waals surface area contributed by atoms with Gasteiger partial charge in [0.2, 0.25) is 0 Å². The second-order valence-electron chi connectivity index (χ2n) is 29.1. The maximum atomic E-state index is 2.47. The molecule has 16 aromatic carbocycles. The smallest absolute Gasteiger partial charge is 0.0716 e. The van der Waals surface area contributed by atoms with E-state index in [2.05, 4.69) is 394 Å². The van der Waals surface area contributed by atoms with Crippen LogP contribution in [0, 0.1) is 0 Å². The summed E-state index contributed by atoms with van der Waals surface area (Å²) in [6.45, 7) is 4.72. The van der Waals surface area contributed by atoms with Crippen molar-refractivity contribution in [2.45, 2.75) is 19.3 Å². The molecule has 0 atom stereocenters. The molecule has 7 aromatic heterocycles. The van der Waals surface area contributed by atoms with E-state index in [1.807, 2.05) is 11.3 Å². The van der Waals surface area contributed by atoms with Crippen molar-refractivity contribution in [3.05, 3.63) is 363 Å². The molecule has 1 aliphatic carbocycles. The van der Waals surface area contributed by atoms with Gasteiger partial charge in [0.1, 0.15) is 0 Å². The van der Waals surface area contributed by atoms with Crippen LogP contribution in [-0.4, -0.2) is 27.8 Å². The van der Waals surface area contributed by atoms with E-state index < -0.39 is 0 Å². The molecule has 0 bridgehead atoms. The van der Waals surface area contributed by atoms with Crippen molar-refractivity contribution in [3.8, 4) is 44.8 Å². The largest absolute Gasteiger partial charge is 0.309 e. The van der Waals surface area contributed by atoms with Crippen molar-refractivity contribution in [2.75, 3.05) is 0 Å². The topological polar surface area (TPSA) is 29.6 Å². The van der Waals surface area contributed by atoms with Gasteiger partial charge >= 0.3 is 0 Å². The number of hydrogen-bond acceptors (Lipinski definition) is 1. The van der Waals surface area contributed by atoms with E-state index in [4.69, 9.17) is 0 Å². The Bertz CT molecular complexity index is 7590. The summed E-state index contributed by atoms with van der Waals surface area (Å²) >= 11 is 1.88. The van der Waals surface area contributed by atoms with Gasteiger partial charge in [-0.15, -0.1) is 11.3 Å². The molecule has 0 N–H and O–H groups in total. The number of fused-ring (bicyclic) bond motifs is 24. The second-order valence-corrected chi connectivity index (χ2v) is 30.2. The Morgan fingerprint density at radius 3 is 0.991 bits per heavy atom. The van der Waals surface area contributed by atoms with Crippen LogP contribution in [0.2, 0.25) is 0 Å². The molecule has 0 unspecified atom stereocenters. The highest BCUT2D eigenvalue weighted by Crippen LogP contribution is 2.51. The summed E-state index contributed by atoms with van der Waals surface area (Å²) in [6, 6.07) is 130. The van der Waals surface area contributed by atoms with E-state index in [1.165, 1.54) is 207 Å². The van der Waals surface area contributed by atoms with Gasteiger partial charge in [-0.25, -0.2) is 18.7 Å². The molecule has 0 radical (unpaired) electrons. The number of aromatic nitrogens is 6. The maximum absolute atomic E-state index is 2.47. The molecule has 6 nitrogen and oxygen atoms in total. The third-order valence-electron chi connectivity index (χ3n) is 23.3. The average molecular weight is 1370 g/mol. The van der Waals surface area contributed by atoms with Crippen LogP contribution in [0.4, 0.5) is 0 Å². The van der Waals surface area contributed by atoms with Crippen LogP contribution in [0.1, 0.15) is 25.0 Å². The molecule has 7 heterocycles. The maximum Gasteiger partial charge on any atom is 0.0716 e. The zero-order valence-corrected chi connectivity index (χ0v) is 58.9. The van der Waals surface area contributed by atoms with Gasteiger partial charge < -0.3 is 9.13 Å². The fourth-order valence-corrected chi connectivity index (χ4v) is 19.7. The number of hydrogen-bond donors (Lipinski definition) is 0. The SMILES string of the molecule is CC1(C)c2ccccc2-c2ccc(-n3c4ccccc4c4cc(-c5ccc6c(c5)c5ccccc5n6-n5c6ccccc6c6ccccc65)ccc43)cc21.c1ccc2c(c1)sc1c(-n3c4ccccc4c4cc(-c5ccc6c(c5)c5ccccc5n6-n5c6ccccc6c6ccccc65)ccc43)cccc12. The highest BCUT2D eigenvalue weighted by atomic mass is 32.1. The van der Waals surface area contributed by atoms with Crippen molar-refractivity contribution in [1.82, 2.24) is 27.8 Å². The molecule has 496 valence electrons. The molecule has 23 aromatic rings. The predicted octanol–water partition coefficient (Wildman–Crippen LogP) is 26.6. The van der Waals surface area contributed by atoms with Crippen LogP contribution in [0.25, 0.3) is 196 Å². The molecule has 106 heavy (non-hydrogen) atoms. The molecular formula is C99H64N6S. The van der Waals surface area contributed by atoms with Gasteiger partial charge in [0.05, 0.1) is 76.6 Å². The van der Waals surface area contributed by atoms with Crippen molar-refractivity contribution in [3.63, 3.8) is 0 Å². The van der Waals surface area contributed by atoms with Gasteiger partial charge in [-0.1, -0.05) is 244 Å². The van der Waals surface area contributed by atoms with Crippen molar-refractivity contribution >= 4 is 162 Å². The molecule has 0 fully saturated rings. The van der Waals surface area contributed by atoms with Crippen LogP contribution in [-0.2, 0) is 5.41 Å².